The number of hydrogen-bond acceptors (Lipinski definition) is 4. The zero-order valence-corrected chi connectivity index (χ0v) is 18.8. The predicted octanol–water partition coefficient (Wildman–Crippen LogP) is 3.58. The van der Waals surface area contributed by atoms with Crippen LogP contribution >= 0.6 is 0 Å². The average molecular weight is 453 g/mol. The molecule has 0 spiro atoms. The quantitative estimate of drug-likeness (QED) is 0.606. The van der Waals surface area contributed by atoms with Gasteiger partial charge in [-0.05, 0) is 42.7 Å². The average Bonchev–Trinajstić information content (AvgIpc) is 3.21. The highest BCUT2D eigenvalue weighted by molar-refractivity contribution is 5.95. The van der Waals surface area contributed by atoms with Gasteiger partial charge in [-0.2, -0.15) is 0 Å². The molecule has 0 atom stereocenters. The lowest BCUT2D eigenvalue weighted by Crippen LogP contribution is -2.50. The van der Waals surface area contributed by atoms with Gasteiger partial charge in [0.05, 0.1) is 5.69 Å². The zero-order chi connectivity index (χ0) is 23.7. The number of halogens is 2. The van der Waals surface area contributed by atoms with Gasteiger partial charge in [-0.1, -0.05) is 32.0 Å². The fraction of sp³-hybridized carbons (Fsp3) is 0.333. The Morgan fingerprint density at radius 1 is 0.909 bits per heavy atom. The van der Waals surface area contributed by atoms with Crippen LogP contribution in [0.15, 0.2) is 42.5 Å². The minimum absolute atomic E-state index is 0.0773. The molecular formula is C24H25F2N5O2. The van der Waals surface area contributed by atoms with Crippen molar-refractivity contribution >= 4 is 11.8 Å². The number of para-hydroxylation sites is 1. The van der Waals surface area contributed by atoms with Crippen molar-refractivity contribution in [3.8, 4) is 5.69 Å². The second kappa shape index (κ2) is 9.09. The number of nitrogens with zero attached hydrogens (tertiary/aromatic N) is 5. The normalized spacial score (nSPS) is 14.1. The molecule has 9 heteroatoms. The summed E-state index contributed by atoms with van der Waals surface area (Å²) in [4.78, 5) is 33.1. The Hall–Kier alpha value is -3.62. The van der Waals surface area contributed by atoms with Crippen molar-refractivity contribution in [2.75, 3.05) is 26.2 Å². The lowest BCUT2D eigenvalue weighted by molar-refractivity contribution is 0.0528. The molecule has 4 rings (SSSR count). The number of hydrogen-bond donors (Lipinski definition) is 0. The molecular weight excluding hydrogens is 428 g/mol. The van der Waals surface area contributed by atoms with E-state index in [9.17, 15) is 18.4 Å². The fourth-order valence-electron chi connectivity index (χ4n) is 3.94. The highest BCUT2D eigenvalue weighted by Gasteiger charge is 2.28. The van der Waals surface area contributed by atoms with Crippen LogP contribution in [-0.2, 0) is 0 Å². The molecule has 3 aromatic rings. The first kappa shape index (κ1) is 22.6. The van der Waals surface area contributed by atoms with E-state index in [1.54, 1.807) is 16.5 Å². The molecule has 2 amide bonds. The highest BCUT2D eigenvalue weighted by atomic mass is 19.2. The fourth-order valence-corrected chi connectivity index (χ4v) is 3.94. The van der Waals surface area contributed by atoms with E-state index in [0.717, 1.165) is 23.4 Å². The van der Waals surface area contributed by atoms with E-state index in [4.69, 9.17) is 0 Å². The van der Waals surface area contributed by atoms with E-state index in [1.165, 1.54) is 11.0 Å². The molecule has 1 aromatic heterocycles. The maximum Gasteiger partial charge on any atom is 0.293 e. The van der Waals surface area contributed by atoms with E-state index < -0.39 is 17.5 Å². The van der Waals surface area contributed by atoms with E-state index in [-0.39, 0.29) is 36.3 Å². The molecule has 1 saturated heterocycles. The molecule has 1 aliphatic rings. The van der Waals surface area contributed by atoms with Crippen LogP contribution in [0.4, 0.5) is 8.78 Å². The molecule has 0 N–H and O–H groups in total. The Morgan fingerprint density at radius 3 is 2.18 bits per heavy atom. The van der Waals surface area contributed by atoms with Crippen molar-refractivity contribution in [1.82, 2.24) is 24.6 Å². The minimum atomic E-state index is -1.06. The summed E-state index contributed by atoms with van der Waals surface area (Å²) in [6.07, 6.45) is 0. The molecule has 172 valence electrons. The molecule has 7 nitrogen and oxygen atoms in total. The van der Waals surface area contributed by atoms with Crippen LogP contribution in [0.1, 0.15) is 52.1 Å². The summed E-state index contributed by atoms with van der Waals surface area (Å²) in [6.45, 7) is 7.14. The van der Waals surface area contributed by atoms with Gasteiger partial charge in [0.15, 0.2) is 11.6 Å². The van der Waals surface area contributed by atoms with E-state index >= 15 is 0 Å². The summed E-state index contributed by atoms with van der Waals surface area (Å²) < 4.78 is 28.3. The van der Waals surface area contributed by atoms with E-state index in [0.29, 0.717) is 18.9 Å². The number of carbonyl (C=O) groups is 2. The lowest BCUT2D eigenvalue weighted by atomic mass is 10.0. The summed E-state index contributed by atoms with van der Waals surface area (Å²) in [5.41, 5.74) is 2.07. The predicted molar refractivity (Wildman–Crippen MR) is 118 cm³/mol. The molecule has 1 aliphatic heterocycles. The molecule has 0 radical (unpaired) electrons. The van der Waals surface area contributed by atoms with Crippen molar-refractivity contribution in [2.24, 2.45) is 0 Å². The van der Waals surface area contributed by atoms with Crippen LogP contribution in [0.3, 0.4) is 0 Å². The molecule has 0 unspecified atom stereocenters. The second-order valence-corrected chi connectivity index (χ2v) is 8.32. The Morgan fingerprint density at radius 2 is 1.55 bits per heavy atom. The van der Waals surface area contributed by atoms with Gasteiger partial charge in [-0.3, -0.25) is 9.59 Å². The number of piperazine rings is 1. The molecule has 2 aromatic carbocycles. The van der Waals surface area contributed by atoms with Crippen molar-refractivity contribution in [3.63, 3.8) is 0 Å². The Kier molecular flexibility index (Phi) is 6.22. The highest BCUT2D eigenvalue weighted by Crippen LogP contribution is 2.23. The van der Waals surface area contributed by atoms with Crippen LogP contribution < -0.4 is 0 Å². The standard InChI is InChI=1S/C24H25F2N5O2/c1-15(2)18-6-4-5-7-21(18)31-16(3)27-22(28-31)24(33)30-12-10-29(11-13-30)23(32)17-8-9-19(25)20(26)14-17/h4-9,14-15H,10-13H2,1-3H3. The first-order valence-electron chi connectivity index (χ1n) is 10.8. The van der Waals surface area contributed by atoms with Crippen molar-refractivity contribution in [1.29, 1.82) is 0 Å². The minimum Gasteiger partial charge on any atom is -0.335 e. The topological polar surface area (TPSA) is 71.3 Å². The number of rotatable bonds is 4. The van der Waals surface area contributed by atoms with Crippen molar-refractivity contribution in [3.05, 3.63) is 76.9 Å². The van der Waals surface area contributed by atoms with Crippen LogP contribution in [0.25, 0.3) is 5.69 Å². The zero-order valence-electron chi connectivity index (χ0n) is 18.8. The first-order chi connectivity index (χ1) is 15.8. The molecule has 0 saturated carbocycles. The lowest BCUT2D eigenvalue weighted by Gasteiger charge is -2.34. The van der Waals surface area contributed by atoms with Gasteiger partial charge in [-0.15, -0.1) is 5.10 Å². The SMILES string of the molecule is Cc1nc(C(=O)N2CCN(C(=O)c3ccc(F)c(F)c3)CC2)nn1-c1ccccc1C(C)C. The van der Waals surface area contributed by atoms with Crippen molar-refractivity contribution < 1.29 is 18.4 Å². The first-order valence-corrected chi connectivity index (χ1v) is 10.8. The van der Waals surface area contributed by atoms with Crippen molar-refractivity contribution in [2.45, 2.75) is 26.7 Å². The van der Waals surface area contributed by atoms with Crippen LogP contribution in [0.2, 0.25) is 0 Å². The monoisotopic (exact) mass is 453 g/mol. The summed E-state index contributed by atoms with van der Waals surface area (Å²) in [6, 6.07) is 11.0. The van der Waals surface area contributed by atoms with Gasteiger partial charge >= 0.3 is 0 Å². The maximum absolute atomic E-state index is 13.5. The number of carbonyl (C=O) groups excluding carboxylic acids is 2. The Labute approximate surface area is 190 Å². The maximum atomic E-state index is 13.5. The van der Waals surface area contributed by atoms with Crippen LogP contribution in [-0.4, -0.2) is 62.6 Å². The second-order valence-electron chi connectivity index (χ2n) is 8.32. The molecule has 2 heterocycles. The largest absolute Gasteiger partial charge is 0.335 e. The number of amides is 2. The van der Waals surface area contributed by atoms with E-state index in [1.807, 2.05) is 24.3 Å². The third-order valence-electron chi connectivity index (χ3n) is 5.77. The number of aryl methyl sites for hydroxylation is 1. The van der Waals surface area contributed by atoms with Crippen LogP contribution in [0, 0.1) is 18.6 Å². The Balaban J connectivity index is 1.46. The summed E-state index contributed by atoms with van der Waals surface area (Å²) in [7, 11) is 0. The van der Waals surface area contributed by atoms with Gasteiger partial charge in [-0.25, -0.2) is 18.4 Å². The molecule has 33 heavy (non-hydrogen) atoms. The Bertz CT molecular complexity index is 1200. The third-order valence-corrected chi connectivity index (χ3v) is 5.77. The smallest absolute Gasteiger partial charge is 0.293 e. The van der Waals surface area contributed by atoms with Gasteiger partial charge < -0.3 is 9.80 Å². The van der Waals surface area contributed by atoms with E-state index in [2.05, 4.69) is 23.9 Å². The molecule has 1 fully saturated rings. The van der Waals surface area contributed by atoms with Crippen LogP contribution in [0.5, 0.6) is 0 Å². The molecule has 0 bridgehead atoms. The number of aromatic nitrogens is 3. The summed E-state index contributed by atoms with van der Waals surface area (Å²) >= 11 is 0. The van der Waals surface area contributed by atoms with Gasteiger partial charge in [0.1, 0.15) is 5.82 Å². The molecule has 0 aliphatic carbocycles. The summed E-state index contributed by atoms with van der Waals surface area (Å²) in [5, 5.41) is 4.47. The third kappa shape index (κ3) is 4.48. The number of benzene rings is 2. The van der Waals surface area contributed by atoms with Gasteiger partial charge in [0, 0.05) is 31.7 Å². The summed E-state index contributed by atoms with van der Waals surface area (Å²) in [5.74, 6) is -1.77. The van der Waals surface area contributed by atoms with Gasteiger partial charge in [0.25, 0.3) is 11.8 Å². The van der Waals surface area contributed by atoms with Gasteiger partial charge in [0.2, 0.25) is 5.82 Å².